The summed E-state index contributed by atoms with van der Waals surface area (Å²) in [5, 5.41) is 5.44. The predicted octanol–water partition coefficient (Wildman–Crippen LogP) is 2.60. The maximum Gasteiger partial charge on any atom is 0.408 e. The Morgan fingerprint density at radius 1 is 1.16 bits per heavy atom. The van der Waals surface area contributed by atoms with Gasteiger partial charge in [-0.25, -0.2) is 4.79 Å². The van der Waals surface area contributed by atoms with Crippen LogP contribution in [-0.4, -0.2) is 30.2 Å². The van der Waals surface area contributed by atoms with Crippen LogP contribution in [-0.2, 0) is 9.53 Å². The van der Waals surface area contributed by atoms with Crippen molar-refractivity contribution in [1.29, 1.82) is 0 Å². The Morgan fingerprint density at radius 2 is 1.79 bits per heavy atom. The number of hydrogen-bond donors (Lipinski definition) is 2. The smallest absolute Gasteiger partial charge is 0.408 e. The highest BCUT2D eigenvalue weighted by atomic mass is 16.6. The quantitative estimate of drug-likeness (QED) is 0.748. The molecule has 112 valence electrons. The van der Waals surface area contributed by atoms with Gasteiger partial charge in [-0.2, -0.15) is 0 Å². The summed E-state index contributed by atoms with van der Waals surface area (Å²) in [5.41, 5.74) is -0.556. The highest BCUT2D eigenvalue weighted by Crippen LogP contribution is 2.08. The van der Waals surface area contributed by atoms with Crippen molar-refractivity contribution < 1.29 is 14.3 Å². The van der Waals surface area contributed by atoms with Crippen LogP contribution in [0.1, 0.15) is 60.3 Å². The molecule has 5 heteroatoms. The average molecular weight is 272 g/mol. The summed E-state index contributed by atoms with van der Waals surface area (Å²) >= 11 is 0. The van der Waals surface area contributed by atoms with Crippen LogP contribution in [0, 0.1) is 0 Å². The summed E-state index contributed by atoms with van der Waals surface area (Å²) in [5.74, 6) is -0.138. The zero-order valence-corrected chi connectivity index (χ0v) is 12.8. The van der Waals surface area contributed by atoms with Crippen molar-refractivity contribution in [3.8, 4) is 0 Å². The lowest BCUT2D eigenvalue weighted by Gasteiger charge is -2.23. The van der Waals surface area contributed by atoms with Crippen molar-refractivity contribution in [2.75, 3.05) is 6.54 Å². The Labute approximate surface area is 116 Å². The van der Waals surface area contributed by atoms with Crippen LogP contribution in [0.2, 0.25) is 0 Å². The zero-order chi connectivity index (χ0) is 14.9. The van der Waals surface area contributed by atoms with Gasteiger partial charge >= 0.3 is 6.09 Å². The number of amides is 2. The van der Waals surface area contributed by atoms with Crippen LogP contribution in [0.15, 0.2) is 0 Å². The number of carbonyl (C=O) groups is 2. The van der Waals surface area contributed by atoms with Crippen molar-refractivity contribution in [3.05, 3.63) is 0 Å². The molecule has 0 rings (SSSR count). The molecule has 0 spiro atoms. The molecule has 0 radical (unpaired) electrons. The largest absolute Gasteiger partial charge is 0.444 e. The summed E-state index contributed by atoms with van der Waals surface area (Å²) in [6, 6.07) is -0.513. The van der Waals surface area contributed by atoms with Crippen molar-refractivity contribution in [3.63, 3.8) is 0 Å². The molecular formula is C14H28N2O3. The van der Waals surface area contributed by atoms with Gasteiger partial charge in [-0.15, -0.1) is 0 Å². The molecule has 0 aliphatic carbocycles. The summed E-state index contributed by atoms with van der Waals surface area (Å²) in [4.78, 5) is 23.6. The van der Waals surface area contributed by atoms with E-state index in [0.717, 1.165) is 19.3 Å². The molecular weight excluding hydrogens is 244 g/mol. The van der Waals surface area contributed by atoms with Crippen molar-refractivity contribution in [2.45, 2.75) is 71.9 Å². The van der Waals surface area contributed by atoms with Crippen LogP contribution in [0.25, 0.3) is 0 Å². The molecule has 0 aromatic rings. The maximum atomic E-state index is 11.9. The summed E-state index contributed by atoms with van der Waals surface area (Å²) in [7, 11) is 0. The lowest BCUT2D eigenvalue weighted by molar-refractivity contribution is -0.123. The topological polar surface area (TPSA) is 67.4 Å². The fourth-order valence-corrected chi connectivity index (χ4v) is 1.50. The standard InChI is InChI=1S/C14H28N2O3/c1-6-8-9-11(12(17)15-10-7-2)16-13(18)19-14(3,4)5/h11H,6-10H2,1-5H3,(H,15,17)(H,16,18)/t11-/m0/s1. The van der Waals surface area contributed by atoms with E-state index in [2.05, 4.69) is 17.6 Å². The Bertz CT molecular complexity index is 285. The molecule has 19 heavy (non-hydrogen) atoms. The number of alkyl carbamates (subject to hydrolysis) is 1. The second-order valence-electron chi connectivity index (χ2n) is 5.63. The van der Waals surface area contributed by atoms with Crippen LogP contribution in [0.5, 0.6) is 0 Å². The molecule has 0 fully saturated rings. The van der Waals surface area contributed by atoms with E-state index in [1.54, 1.807) is 20.8 Å². The van der Waals surface area contributed by atoms with E-state index >= 15 is 0 Å². The minimum Gasteiger partial charge on any atom is -0.444 e. The third-order valence-electron chi connectivity index (χ3n) is 2.40. The van der Waals surface area contributed by atoms with Gasteiger partial charge in [-0.1, -0.05) is 26.7 Å². The number of ether oxygens (including phenoxy) is 1. The van der Waals surface area contributed by atoms with Gasteiger partial charge in [0.2, 0.25) is 5.91 Å². The second kappa shape index (κ2) is 8.77. The number of nitrogens with one attached hydrogen (secondary N) is 2. The van der Waals surface area contributed by atoms with Gasteiger partial charge in [0.25, 0.3) is 0 Å². The zero-order valence-electron chi connectivity index (χ0n) is 12.8. The Hall–Kier alpha value is -1.26. The summed E-state index contributed by atoms with van der Waals surface area (Å²) < 4.78 is 5.17. The predicted molar refractivity (Wildman–Crippen MR) is 76.0 cm³/mol. The minimum atomic E-state index is -0.556. The third kappa shape index (κ3) is 9.33. The van der Waals surface area contributed by atoms with Crippen molar-refractivity contribution >= 4 is 12.0 Å². The van der Waals surface area contributed by atoms with Gasteiger partial charge in [0, 0.05) is 6.54 Å². The molecule has 5 nitrogen and oxygen atoms in total. The van der Waals surface area contributed by atoms with Gasteiger partial charge in [-0.05, 0) is 33.6 Å². The van der Waals surface area contributed by atoms with Gasteiger partial charge in [0.05, 0.1) is 0 Å². The molecule has 0 saturated carbocycles. The van der Waals surface area contributed by atoms with E-state index in [1.165, 1.54) is 0 Å². The van der Waals surface area contributed by atoms with Crippen LogP contribution < -0.4 is 10.6 Å². The molecule has 0 aliphatic heterocycles. The first-order valence-corrected chi connectivity index (χ1v) is 7.07. The highest BCUT2D eigenvalue weighted by Gasteiger charge is 2.23. The van der Waals surface area contributed by atoms with Crippen LogP contribution in [0.4, 0.5) is 4.79 Å². The molecule has 1 atom stereocenters. The van der Waals surface area contributed by atoms with E-state index in [1.807, 2.05) is 6.92 Å². The molecule has 2 amide bonds. The van der Waals surface area contributed by atoms with Gasteiger partial charge < -0.3 is 15.4 Å². The molecule has 0 aromatic carbocycles. The number of hydrogen-bond acceptors (Lipinski definition) is 3. The fourth-order valence-electron chi connectivity index (χ4n) is 1.50. The first-order chi connectivity index (χ1) is 8.80. The minimum absolute atomic E-state index is 0.138. The molecule has 0 unspecified atom stereocenters. The first-order valence-electron chi connectivity index (χ1n) is 7.07. The number of rotatable bonds is 7. The Balaban J connectivity index is 4.41. The van der Waals surface area contributed by atoms with E-state index < -0.39 is 17.7 Å². The lowest BCUT2D eigenvalue weighted by atomic mass is 10.1. The van der Waals surface area contributed by atoms with Crippen LogP contribution >= 0.6 is 0 Å². The second-order valence-corrected chi connectivity index (χ2v) is 5.63. The number of unbranched alkanes of at least 4 members (excludes halogenated alkanes) is 1. The molecule has 0 saturated heterocycles. The monoisotopic (exact) mass is 272 g/mol. The van der Waals surface area contributed by atoms with E-state index in [4.69, 9.17) is 4.74 Å². The Kier molecular flexibility index (Phi) is 8.19. The Morgan fingerprint density at radius 3 is 2.26 bits per heavy atom. The molecule has 0 aromatic heterocycles. The van der Waals surface area contributed by atoms with Crippen molar-refractivity contribution in [1.82, 2.24) is 10.6 Å². The molecule has 0 bridgehead atoms. The first kappa shape index (κ1) is 17.7. The SMILES string of the molecule is CCCC[C@H](NC(=O)OC(C)(C)C)C(=O)NCCC. The highest BCUT2D eigenvalue weighted by molar-refractivity contribution is 5.85. The third-order valence-corrected chi connectivity index (χ3v) is 2.40. The summed E-state index contributed by atoms with van der Waals surface area (Å²) in [6.07, 6.45) is 2.83. The summed E-state index contributed by atoms with van der Waals surface area (Å²) in [6.45, 7) is 10.1. The van der Waals surface area contributed by atoms with Gasteiger partial charge in [0.15, 0.2) is 0 Å². The van der Waals surface area contributed by atoms with E-state index in [-0.39, 0.29) is 5.91 Å². The lowest BCUT2D eigenvalue weighted by Crippen LogP contribution is -2.48. The normalized spacial score (nSPS) is 12.7. The molecule has 2 N–H and O–H groups in total. The fraction of sp³-hybridized carbons (Fsp3) is 0.857. The number of carbonyl (C=O) groups excluding carboxylic acids is 2. The van der Waals surface area contributed by atoms with E-state index in [0.29, 0.717) is 13.0 Å². The van der Waals surface area contributed by atoms with Gasteiger partial charge in [-0.3, -0.25) is 4.79 Å². The van der Waals surface area contributed by atoms with Gasteiger partial charge in [0.1, 0.15) is 11.6 Å². The van der Waals surface area contributed by atoms with E-state index in [9.17, 15) is 9.59 Å². The van der Waals surface area contributed by atoms with Crippen molar-refractivity contribution in [2.24, 2.45) is 0 Å². The molecule has 0 heterocycles. The average Bonchev–Trinajstić information content (AvgIpc) is 2.29. The van der Waals surface area contributed by atoms with Crippen LogP contribution in [0.3, 0.4) is 0 Å². The molecule has 0 aliphatic rings. The maximum absolute atomic E-state index is 11.9.